The Balaban J connectivity index is 2.24. The molecule has 2 nitrogen and oxygen atoms in total. The van der Waals surface area contributed by atoms with Crippen LogP contribution in [0.3, 0.4) is 0 Å². The van der Waals surface area contributed by atoms with E-state index in [2.05, 4.69) is 4.98 Å². The molecule has 1 aromatic heterocycles. The zero-order valence-corrected chi connectivity index (χ0v) is 8.85. The van der Waals surface area contributed by atoms with Crippen molar-refractivity contribution in [2.45, 2.75) is 9.24 Å². The molecule has 0 bridgehead atoms. The summed E-state index contributed by atoms with van der Waals surface area (Å²) in [6.45, 7) is 0. The number of hydrogen-bond acceptors (Lipinski definition) is 4. The molecule has 0 N–H and O–H groups in total. The number of rotatable bonds is 2. The highest BCUT2D eigenvalue weighted by atomic mass is 32.2. The van der Waals surface area contributed by atoms with Gasteiger partial charge in [-0.2, -0.15) is 4.98 Å². The average Bonchev–Trinajstić information content (AvgIpc) is 2.19. The van der Waals surface area contributed by atoms with Crippen LogP contribution in [-0.4, -0.2) is 4.98 Å². The smallest absolute Gasteiger partial charge is 0.267 e. The topological polar surface area (TPSA) is 30.0 Å². The standard InChI is InChI=1S/C10H7NOS2/c12-9-6-7-13-10(11-9)14-8-4-2-1-3-5-8/h1-7H. The van der Waals surface area contributed by atoms with Crippen molar-refractivity contribution >= 4 is 23.1 Å². The van der Waals surface area contributed by atoms with Crippen LogP contribution in [0.1, 0.15) is 0 Å². The molecule has 0 unspecified atom stereocenters. The molecule has 0 atom stereocenters. The van der Waals surface area contributed by atoms with E-state index in [0.717, 1.165) is 9.24 Å². The lowest BCUT2D eigenvalue weighted by atomic mass is 10.4. The Morgan fingerprint density at radius 1 is 1.14 bits per heavy atom. The van der Waals surface area contributed by atoms with E-state index in [-0.39, 0.29) is 5.56 Å². The van der Waals surface area contributed by atoms with E-state index in [1.54, 1.807) is 5.38 Å². The number of benzene rings is 1. The Morgan fingerprint density at radius 2 is 1.93 bits per heavy atom. The van der Waals surface area contributed by atoms with Gasteiger partial charge in [0.15, 0.2) is 4.34 Å². The van der Waals surface area contributed by atoms with Crippen LogP contribution in [0.5, 0.6) is 0 Å². The van der Waals surface area contributed by atoms with Crippen molar-refractivity contribution in [2.24, 2.45) is 0 Å². The first-order valence-corrected chi connectivity index (χ1v) is 5.73. The second kappa shape index (κ2) is 4.39. The van der Waals surface area contributed by atoms with E-state index in [1.165, 1.54) is 29.2 Å². The van der Waals surface area contributed by atoms with Crippen LogP contribution in [0.4, 0.5) is 0 Å². The molecule has 0 fully saturated rings. The van der Waals surface area contributed by atoms with Gasteiger partial charge in [0.2, 0.25) is 0 Å². The molecule has 0 aliphatic carbocycles. The SMILES string of the molecule is O=c1ccsc(Sc2ccccc2)n1. The summed E-state index contributed by atoms with van der Waals surface area (Å²) in [6.07, 6.45) is 0. The van der Waals surface area contributed by atoms with Crippen LogP contribution in [0.2, 0.25) is 0 Å². The summed E-state index contributed by atoms with van der Waals surface area (Å²) < 4.78 is 0.781. The maximum atomic E-state index is 11.0. The fourth-order valence-electron chi connectivity index (χ4n) is 0.940. The molecule has 0 saturated heterocycles. The molecule has 0 amide bonds. The van der Waals surface area contributed by atoms with Crippen molar-refractivity contribution in [1.29, 1.82) is 0 Å². The summed E-state index contributed by atoms with van der Waals surface area (Å²) in [5.74, 6) is 0. The Morgan fingerprint density at radius 3 is 2.64 bits per heavy atom. The number of nitrogens with zero attached hydrogens (tertiary/aromatic N) is 1. The molecule has 1 heterocycles. The van der Waals surface area contributed by atoms with E-state index in [9.17, 15) is 4.79 Å². The lowest BCUT2D eigenvalue weighted by Gasteiger charge is -1.97. The van der Waals surface area contributed by atoms with E-state index in [4.69, 9.17) is 0 Å². The summed E-state index contributed by atoms with van der Waals surface area (Å²) in [6, 6.07) is 11.4. The normalized spacial score (nSPS) is 10.0. The summed E-state index contributed by atoms with van der Waals surface area (Å²) in [7, 11) is 0. The van der Waals surface area contributed by atoms with Crippen LogP contribution < -0.4 is 5.56 Å². The summed E-state index contributed by atoms with van der Waals surface area (Å²) in [5, 5.41) is 1.76. The molecule has 0 aliphatic rings. The summed E-state index contributed by atoms with van der Waals surface area (Å²) in [5.41, 5.74) is -0.179. The zero-order valence-electron chi connectivity index (χ0n) is 7.21. The molecular formula is C10H7NOS2. The van der Waals surface area contributed by atoms with E-state index in [0.29, 0.717) is 0 Å². The highest BCUT2D eigenvalue weighted by Gasteiger charge is 1.98. The Kier molecular flexibility index (Phi) is 2.96. The molecule has 0 saturated carbocycles. The molecule has 0 aliphatic heterocycles. The first kappa shape index (κ1) is 9.43. The van der Waals surface area contributed by atoms with Crippen molar-refractivity contribution in [3.63, 3.8) is 0 Å². The third-order valence-electron chi connectivity index (χ3n) is 1.53. The molecule has 1 aromatic carbocycles. The Labute approximate surface area is 89.6 Å². The predicted octanol–water partition coefficient (Wildman–Crippen LogP) is 2.65. The van der Waals surface area contributed by atoms with Gasteiger partial charge >= 0.3 is 0 Å². The maximum Gasteiger partial charge on any atom is 0.272 e. The van der Waals surface area contributed by atoms with Crippen molar-refractivity contribution in [3.05, 3.63) is 52.1 Å². The summed E-state index contributed by atoms with van der Waals surface area (Å²) in [4.78, 5) is 16.0. The average molecular weight is 221 g/mol. The van der Waals surface area contributed by atoms with Crippen molar-refractivity contribution < 1.29 is 0 Å². The minimum absolute atomic E-state index is 0.179. The number of hydrogen-bond donors (Lipinski definition) is 0. The molecule has 2 aromatic rings. The highest BCUT2D eigenvalue weighted by molar-refractivity contribution is 8.01. The third-order valence-corrected chi connectivity index (χ3v) is 3.41. The fraction of sp³-hybridized carbons (Fsp3) is 0. The van der Waals surface area contributed by atoms with Crippen molar-refractivity contribution in [2.75, 3.05) is 0 Å². The minimum Gasteiger partial charge on any atom is -0.267 e. The van der Waals surface area contributed by atoms with Gasteiger partial charge in [0.25, 0.3) is 5.56 Å². The van der Waals surface area contributed by atoms with Gasteiger partial charge in [-0.05, 0) is 17.5 Å². The zero-order chi connectivity index (χ0) is 9.80. The van der Waals surface area contributed by atoms with E-state index in [1.807, 2.05) is 30.3 Å². The Hall–Kier alpha value is -1.13. The largest absolute Gasteiger partial charge is 0.272 e. The second-order valence-corrected chi connectivity index (χ2v) is 4.77. The van der Waals surface area contributed by atoms with Gasteiger partial charge in [0.1, 0.15) is 0 Å². The molecule has 14 heavy (non-hydrogen) atoms. The molecule has 70 valence electrons. The second-order valence-electron chi connectivity index (χ2n) is 2.55. The van der Waals surface area contributed by atoms with Gasteiger partial charge in [-0.15, -0.1) is 11.3 Å². The predicted molar refractivity (Wildman–Crippen MR) is 58.9 cm³/mol. The van der Waals surface area contributed by atoms with Crippen molar-refractivity contribution in [1.82, 2.24) is 4.98 Å². The molecule has 0 radical (unpaired) electrons. The fourth-order valence-corrected chi connectivity index (χ4v) is 2.66. The molecular weight excluding hydrogens is 214 g/mol. The first-order chi connectivity index (χ1) is 6.84. The van der Waals surface area contributed by atoms with Gasteiger partial charge in [0, 0.05) is 11.0 Å². The number of aromatic nitrogens is 1. The highest BCUT2D eigenvalue weighted by Crippen LogP contribution is 2.26. The van der Waals surface area contributed by atoms with Gasteiger partial charge in [-0.25, -0.2) is 0 Å². The first-order valence-electron chi connectivity index (χ1n) is 4.03. The van der Waals surface area contributed by atoms with E-state index >= 15 is 0 Å². The molecule has 4 heteroatoms. The monoisotopic (exact) mass is 221 g/mol. The quantitative estimate of drug-likeness (QED) is 0.781. The Bertz CT molecular complexity index is 467. The minimum atomic E-state index is -0.179. The van der Waals surface area contributed by atoms with Crippen LogP contribution >= 0.6 is 23.1 Å². The lowest BCUT2D eigenvalue weighted by Crippen LogP contribution is -2.01. The van der Waals surface area contributed by atoms with Gasteiger partial charge < -0.3 is 0 Å². The third kappa shape index (κ3) is 2.43. The van der Waals surface area contributed by atoms with E-state index < -0.39 is 0 Å². The lowest BCUT2D eigenvalue weighted by molar-refractivity contribution is 1.15. The molecule has 2 rings (SSSR count). The van der Waals surface area contributed by atoms with Gasteiger partial charge in [0.05, 0.1) is 0 Å². The summed E-state index contributed by atoms with van der Waals surface area (Å²) >= 11 is 2.98. The van der Waals surface area contributed by atoms with Crippen LogP contribution in [0.25, 0.3) is 0 Å². The van der Waals surface area contributed by atoms with Crippen molar-refractivity contribution in [3.8, 4) is 0 Å². The van der Waals surface area contributed by atoms with Crippen LogP contribution in [0, 0.1) is 0 Å². The van der Waals surface area contributed by atoms with Gasteiger partial charge in [-0.3, -0.25) is 4.79 Å². The van der Waals surface area contributed by atoms with Crippen LogP contribution in [-0.2, 0) is 0 Å². The maximum absolute atomic E-state index is 11.0. The molecule has 0 spiro atoms. The van der Waals surface area contributed by atoms with Gasteiger partial charge in [-0.1, -0.05) is 30.0 Å². The van der Waals surface area contributed by atoms with Crippen LogP contribution in [0.15, 0.2) is 55.8 Å².